The van der Waals surface area contributed by atoms with E-state index in [-0.39, 0.29) is 33.0 Å². The molecule has 0 spiro atoms. The molecule has 0 aliphatic heterocycles. The summed E-state index contributed by atoms with van der Waals surface area (Å²) in [5.74, 6) is 0.217. The molecule has 0 saturated carbocycles. The van der Waals surface area contributed by atoms with Crippen molar-refractivity contribution in [2.24, 2.45) is 0 Å². The summed E-state index contributed by atoms with van der Waals surface area (Å²) < 4.78 is 39.4. The average Bonchev–Trinajstić information content (AvgIpc) is 2.70. The zero-order valence-electron chi connectivity index (χ0n) is 17.5. The van der Waals surface area contributed by atoms with E-state index < -0.39 is 10.0 Å². The minimum Gasteiger partial charge on any atom is -0.493 e. The van der Waals surface area contributed by atoms with E-state index in [1.54, 1.807) is 36.4 Å². The van der Waals surface area contributed by atoms with Gasteiger partial charge in [0.1, 0.15) is 0 Å². The van der Waals surface area contributed by atoms with Gasteiger partial charge in [-0.15, -0.1) is 0 Å². The maximum absolute atomic E-state index is 13.0. The van der Waals surface area contributed by atoms with Gasteiger partial charge in [0.2, 0.25) is 11.7 Å². The second-order valence-electron chi connectivity index (χ2n) is 7.68. The van der Waals surface area contributed by atoms with Crippen molar-refractivity contribution >= 4 is 33.4 Å². The van der Waals surface area contributed by atoms with Gasteiger partial charge in [-0.1, -0.05) is 56.6 Å². The van der Waals surface area contributed by atoms with Crippen LogP contribution >= 0.6 is 11.6 Å². The summed E-state index contributed by atoms with van der Waals surface area (Å²) in [6.45, 7) is 6.13. The van der Waals surface area contributed by atoms with Gasteiger partial charge in [0.25, 0.3) is 10.0 Å². The quantitative estimate of drug-likeness (QED) is 0.513. The SMILES string of the molecule is COc1ccccc1Oc1c(Cl)nc(N)nc1NS(=O)(=O)c1ccc(C(C)(C)C)cc1. The largest absolute Gasteiger partial charge is 0.493 e. The summed E-state index contributed by atoms with van der Waals surface area (Å²) in [5, 5.41) is -0.154. The van der Waals surface area contributed by atoms with E-state index in [0.29, 0.717) is 11.5 Å². The molecule has 0 radical (unpaired) electrons. The van der Waals surface area contributed by atoms with E-state index in [1.807, 2.05) is 20.8 Å². The molecule has 10 heteroatoms. The molecular formula is C21H23ClN4O4S. The lowest BCUT2D eigenvalue weighted by molar-refractivity contribution is 0.378. The Hall–Kier alpha value is -3.04. The lowest BCUT2D eigenvalue weighted by atomic mass is 9.87. The number of rotatable bonds is 6. The molecule has 3 rings (SSSR count). The van der Waals surface area contributed by atoms with Gasteiger partial charge in [-0.05, 0) is 35.2 Å². The zero-order valence-corrected chi connectivity index (χ0v) is 19.1. The fourth-order valence-electron chi connectivity index (χ4n) is 2.73. The van der Waals surface area contributed by atoms with Crippen LogP contribution in [-0.2, 0) is 15.4 Å². The van der Waals surface area contributed by atoms with Crippen molar-refractivity contribution in [2.45, 2.75) is 31.1 Å². The molecule has 0 amide bonds. The number of aromatic nitrogens is 2. The molecule has 1 heterocycles. The van der Waals surface area contributed by atoms with Crippen LogP contribution in [0, 0.1) is 0 Å². The summed E-state index contributed by atoms with van der Waals surface area (Å²) >= 11 is 6.19. The highest BCUT2D eigenvalue weighted by molar-refractivity contribution is 7.92. The number of halogens is 1. The highest BCUT2D eigenvalue weighted by Gasteiger charge is 2.23. The zero-order chi connectivity index (χ0) is 22.8. The molecular weight excluding hydrogens is 440 g/mol. The van der Waals surface area contributed by atoms with Crippen LogP contribution in [0.1, 0.15) is 26.3 Å². The number of sulfonamides is 1. The van der Waals surface area contributed by atoms with Crippen molar-refractivity contribution in [1.29, 1.82) is 0 Å². The molecule has 8 nitrogen and oxygen atoms in total. The number of anilines is 2. The molecule has 0 bridgehead atoms. The van der Waals surface area contributed by atoms with Crippen LogP contribution in [0.4, 0.5) is 11.8 Å². The lowest BCUT2D eigenvalue weighted by Gasteiger charge is -2.19. The summed E-state index contributed by atoms with van der Waals surface area (Å²) in [6, 6.07) is 13.4. The van der Waals surface area contributed by atoms with E-state index in [1.165, 1.54) is 19.2 Å². The standard InChI is InChI=1S/C21H23ClN4O4S/c1-21(2,3)13-9-11-14(12-10-13)31(27,28)26-19-17(18(22)24-20(23)25-19)30-16-8-6-5-7-15(16)29-4/h5-12H,1-4H3,(H3,23,24,25,26). The highest BCUT2D eigenvalue weighted by Crippen LogP contribution is 2.39. The molecule has 0 aliphatic carbocycles. The number of hydrogen-bond donors (Lipinski definition) is 2. The van der Waals surface area contributed by atoms with E-state index in [9.17, 15) is 8.42 Å². The van der Waals surface area contributed by atoms with E-state index in [4.69, 9.17) is 26.8 Å². The first-order valence-corrected chi connectivity index (χ1v) is 11.1. The Morgan fingerprint density at radius 2 is 1.61 bits per heavy atom. The number of nitrogens with two attached hydrogens (primary N) is 1. The molecule has 0 unspecified atom stereocenters. The van der Waals surface area contributed by atoms with Crippen LogP contribution in [0.15, 0.2) is 53.4 Å². The van der Waals surface area contributed by atoms with Gasteiger partial charge in [0.05, 0.1) is 12.0 Å². The van der Waals surface area contributed by atoms with Gasteiger partial charge in [-0.25, -0.2) is 8.42 Å². The first kappa shape index (κ1) is 22.6. The van der Waals surface area contributed by atoms with Crippen molar-refractivity contribution in [2.75, 3.05) is 17.6 Å². The van der Waals surface area contributed by atoms with Crippen molar-refractivity contribution in [3.05, 3.63) is 59.2 Å². The predicted octanol–water partition coefficient (Wildman–Crippen LogP) is 4.61. The van der Waals surface area contributed by atoms with Crippen molar-refractivity contribution in [1.82, 2.24) is 9.97 Å². The number of ether oxygens (including phenoxy) is 2. The normalized spacial score (nSPS) is 11.8. The number of benzene rings is 2. The minimum atomic E-state index is -4.01. The molecule has 3 N–H and O–H groups in total. The molecule has 31 heavy (non-hydrogen) atoms. The van der Waals surface area contributed by atoms with Crippen molar-refractivity contribution in [3.8, 4) is 17.2 Å². The number of nitrogens with zero attached hydrogens (tertiary/aromatic N) is 2. The third-order valence-electron chi connectivity index (χ3n) is 4.38. The van der Waals surface area contributed by atoms with E-state index in [0.717, 1.165) is 5.56 Å². The molecule has 3 aromatic rings. The molecule has 0 atom stereocenters. The number of hydrogen-bond acceptors (Lipinski definition) is 7. The van der Waals surface area contributed by atoms with Gasteiger partial charge in [-0.2, -0.15) is 9.97 Å². The summed E-state index contributed by atoms with van der Waals surface area (Å²) in [4.78, 5) is 7.89. The summed E-state index contributed by atoms with van der Waals surface area (Å²) in [7, 11) is -2.52. The molecule has 1 aromatic heterocycles. The maximum Gasteiger partial charge on any atom is 0.263 e. The third kappa shape index (κ3) is 5.18. The molecule has 0 saturated heterocycles. The Labute approximate surface area is 186 Å². The Bertz CT molecular complexity index is 1190. The number of para-hydroxylation sites is 2. The van der Waals surface area contributed by atoms with Gasteiger partial charge in [0.15, 0.2) is 22.5 Å². The maximum atomic E-state index is 13.0. The second kappa shape index (κ2) is 8.60. The third-order valence-corrected chi connectivity index (χ3v) is 6.00. The smallest absolute Gasteiger partial charge is 0.263 e. The first-order valence-electron chi connectivity index (χ1n) is 9.28. The van der Waals surface area contributed by atoms with Crippen LogP contribution in [0.5, 0.6) is 17.2 Å². The predicted molar refractivity (Wildman–Crippen MR) is 120 cm³/mol. The van der Waals surface area contributed by atoms with E-state index >= 15 is 0 Å². The summed E-state index contributed by atoms with van der Waals surface area (Å²) in [5.41, 5.74) is 6.57. The number of methoxy groups -OCH3 is 1. The van der Waals surface area contributed by atoms with Gasteiger partial charge in [-0.3, -0.25) is 4.72 Å². The van der Waals surface area contributed by atoms with Crippen LogP contribution < -0.4 is 19.9 Å². The first-order chi connectivity index (χ1) is 14.5. The van der Waals surface area contributed by atoms with Crippen LogP contribution in [-0.4, -0.2) is 25.5 Å². The Morgan fingerprint density at radius 3 is 2.19 bits per heavy atom. The molecule has 164 valence electrons. The average molecular weight is 463 g/mol. The number of nitrogens with one attached hydrogen (secondary N) is 1. The monoisotopic (exact) mass is 462 g/mol. The van der Waals surface area contributed by atoms with Gasteiger partial charge in [0, 0.05) is 0 Å². The number of nitrogen functional groups attached to an aromatic ring is 1. The fourth-order valence-corrected chi connectivity index (χ4v) is 3.95. The van der Waals surface area contributed by atoms with Crippen molar-refractivity contribution < 1.29 is 17.9 Å². The lowest BCUT2D eigenvalue weighted by Crippen LogP contribution is -2.17. The highest BCUT2D eigenvalue weighted by atomic mass is 35.5. The van der Waals surface area contributed by atoms with Gasteiger partial charge >= 0.3 is 0 Å². The Morgan fingerprint density at radius 1 is 1.00 bits per heavy atom. The fraction of sp³-hybridized carbons (Fsp3) is 0.238. The Kier molecular flexibility index (Phi) is 6.28. The Balaban J connectivity index is 1.99. The van der Waals surface area contributed by atoms with E-state index in [2.05, 4.69) is 14.7 Å². The molecule has 0 aliphatic rings. The van der Waals surface area contributed by atoms with Crippen LogP contribution in [0.2, 0.25) is 5.15 Å². The summed E-state index contributed by atoms with van der Waals surface area (Å²) in [6.07, 6.45) is 0. The van der Waals surface area contributed by atoms with Crippen molar-refractivity contribution in [3.63, 3.8) is 0 Å². The van der Waals surface area contributed by atoms with Crippen LogP contribution in [0.3, 0.4) is 0 Å². The minimum absolute atomic E-state index is 0.0528. The molecule has 0 fully saturated rings. The molecule has 2 aromatic carbocycles. The van der Waals surface area contributed by atoms with Gasteiger partial charge < -0.3 is 15.2 Å². The topological polar surface area (TPSA) is 116 Å². The second-order valence-corrected chi connectivity index (χ2v) is 9.72. The van der Waals surface area contributed by atoms with Crippen LogP contribution in [0.25, 0.3) is 0 Å².